The van der Waals surface area contributed by atoms with Gasteiger partial charge in [0.15, 0.2) is 16.0 Å². The normalized spacial score (nSPS) is 10.9. The molecule has 0 fully saturated rings. The van der Waals surface area contributed by atoms with Crippen molar-refractivity contribution >= 4 is 34.1 Å². The Labute approximate surface area is 198 Å². The van der Waals surface area contributed by atoms with E-state index in [0.29, 0.717) is 21.9 Å². The van der Waals surface area contributed by atoms with E-state index in [9.17, 15) is 4.79 Å². The van der Waals surface area contributed by atoms with Crippen molar-refractivity contribution in [1.29, 1.82) is 0 Å². The molecule has 3 aromatic heterocycles. The summed E-state index contributed by atoms with van der Waals surface area (Å²) in [6, 6.07) is 21.5. The van der Waals surface area contributed by atoms with Gasteiger partial charge in [-0.05, 0) is 31.2 Å². The zero-order valence-electron chi connectivity index (χ0n) is 17.6. The minimum absolute atomic E-state index is 0.160. The number of nitrogens with one attached hydrogen (secondary N) is 1. The Kier molecular flexibility index (Phi) is 6.05. The number of carbonyl (C=O) groups excluding carboxylic acids is 1. The van der Waals surface area contributed by atoms with Gasteiger partial charge in [0.05, 0.1) is 17.7 Å². The first-order valence-corrected chi connectivity index (χ1v) is 12.0. The summed E-state index contributed by atoms with van der Waals surface area (Å²) in [5.41, 5.74) is 3.90. The fraction of sp³-hybridized carbons (Fsp3) is 0.0833. The zero-order chi connectivity index (χ0) is 22.6. The van der Waals surface area contributed by atoms with Crippen molar-refractivity contribution < 1.29 is 9.21 Å². The topological polar surface area (TPSA) is 85.8 Å². The molecule has 1 N–H and O–H groups in total. The van der Waals surface area contributed by atoms with E-state index < -0.39 is 0 Å². The van der Waals surface area contributed by atoms with Crippen LogP contribution in [0.4, 0.5) is 5.13 Å². The summed E-state index contributed by atoms with van der Waals surface area (Å²) in [5, 5.41) is 14.6. The molecule has 0 aliphatic rings. The zero-order valence-corrected chi connectivity index (χ0v) is 19.3. The predicted octanol–water partition coefficient (Wildman–Crippen LogP) is 5.69. The lowest BCUT2D eigenvalue weighted by atomic mass is 10.2. The van der Waals surface area contributed by atoms with Crippen LogP contribution in [0, 0.1) is 6.92 Å². The van der Waals surface area contributed by atoms with Crippen LogP contribution >= 0.6 is 23.1 Å². The van der Waals surface area contributed by atoms with Crippen LogP contribution in [0.25, 0.3) is 28.5 Å². The first-order chi connectivity index (χ1) is 16.2. The van der Waals surface area contributed by atoms with Crippen LogP contribution < -0.4 is 5.32 Å². The van der Waals surface area contributed by atoms with Crippen LogP contribution in [0.5, 0.6) is 0 Å². The molecule has 9 heteroatoms. The van der Waals surface area contributed by atoms with Crippen LogP contribution in [0.1, 0.15) is 5.56 Å². The molecular formula is C24H19N5O2S2. The van der Waals surface area contributed by atoms with Gasteiger partial charge in [-0.1, -0.05) is 59.8 Å². The summed E-state index contributed by atoms with van der Waals surface area (Å²) in [7, 11) is 0. The van der Waals surface area contributed by atoms with Gasteiger partial charge in [-0.15, -0.1) is 21.5 Å². The standard InChI is InChI=1S/C24H19N5O2S2/c1-16-9-11-18(12-10-16)29-22(20-8-5-13-31-20)27-28-24(29)33-15-21(30)26-23-25-19(14-32-23)17-6-3-2-4-7-17/h2-14H,15H2,1H3,(H,25,26,30). The molecular weight excluding hydrogens is 454 g/mol. The third kappa shape index (κ3) is 4.74. The molecule has 0 saturated carbocycles. The van der Waals surface area contributed by atoms with Gasteiger partial charge in [0.1, 0.15) is 0 Å². The average molecular weight is 474 g/mol. The maximum absolute atomic E-state index is 12.6. The third-order valence-corrected chi connectivity index (χ3v) is 6.51. The highest BCUT2D eigenvalue weighted by atomic mass is 32.2. The van der Waals surface area contributed by atoms with Gasteiger partial charge >= 0.3 is 0 Å². The number of rotatable bonds is 7. The second-order valence-corrected chi connectivity index (χ2v) is 9.00. The Morgan fingerprint density at radius 2 is 1.88 bits per heavy atom. The van der Waals surface area contributed by atoms with Gasteiger partial charge in [-0.2, -0.15) is 0 Å². The summed E-state index contributed by atoms with van der Waals surface area (Å²) in [6.07, 6.45) is 1.60. The number of aromatic nitrogens is 4. The molecule has 1 amide bonds. The molecule has 0 atom stereocenters. The Balaban J connectivity index is 1.32. The second-order valence-electron chi connectivity index (χ2n) is 7.20. The first-order valence-electron chi connectivity index (χ1n) is 10.2. The Hall–Kier alpha value is -3.69. The van der Waals surface area contributed by atoms with E-state index in [1.54, 1.807) is 6.26 Å². The van der Waals surface area contributed by atoms with Crippen molar-refractivity contribution in [2.24, 2.45) is 0 Å². The van der Waals surface area contributed by atoms with Crippen molar-refractivity contribution in [1.82, 2.24) is 19.7 Å². The highest BCUT2D eigenvalue weighted by molar-refractivity contribution is 7.99. The second kappa shape index (κ2) is 9.43. The van der Waals surface area contributed by atoms with Crippen LogP contribution in [-0.4, -0.2) is 31.4 Å². The van der Waals surface area contributed by atoms with Gasteiger partial charge in [-0.25, -0.2) is 4.98 Å². The molecule has 0 spiro atoms. The van der Waals surface area contributed by atoms with Crippen LogP contribution in [0.15, 0.2) is 87.9 Å². The molecule has 5 aromatic rings. The van der Waals surface area contributed by atoms with E-state index in [4.69, 9.17) is 4.42 Å². The number of amides is 1. The van der Waals surface area contributed by atoms with Gasteiger partial charge in [-0.3, -0.25) is 9.36 Å². The number of benzene rings is 2. The maximum Gasteiger partial charge on any atom is 0.236 e. The number of hydrogen-bond acceptors (Lipinski definition) is 7. The average Bonchev–Trinajstić information content (AvgIpc) is 3.60. The number of carbonyl (C=O) groups is 1. The number of aryl methyl sites for hydroxylation is 1. The highest BCUT2D eigenvalue weighted by Gasteiger charge is 2.19. The number of anilines is 1. The minimum atomic E-state index is -0.160. The van der Waals surface area contributed by atoms with Crippen LogP contribution in [-0.2, 0) is 4.79 Å². The highest BCUT2D eigenvalue weighted by Crippen LogP contribution is 2.29. The maximum atomic E-state index is 12.6. The van der Waals surface area contributed by atoms with E-state index in [-0.39, 0.29) is 11.7 Å². The molecule has 0 bridgehead atoms. The number of nitrogens with zero attached hydrogens (tertiary/aromatic N) is 4. The molecule has 2 aromatic carbocycles. The van der Waals surface area contributed by atoms with Crippen molar-refractivity contribution in [3.05, 3.63) is 83.9 Å². The first kappa shape index (κ1) is 21.2. The number of thioether (sulfide) groups is 1. The SMILES string of the molecule is Cc1ccc(-n2c(SCC(=O)Nc3nc(-c4ccccc4)cs3)nnc2-c2ccco2)cc1. The van der Waals surface area contributed by atoms with Crippen LogP contribution in [0.2, 0.25) is 0 Å². The lowest BCUT2D eigenvalue weighted by Crippen LogP contribution is -2.14. The fourth-order valence-electron chi connectivity index (χ4n) is 3.21. The molecule has 0 unspecified atom stereocenters. The van der Waals surface area contributed by atoms with E-state index in [2.05, 4.69) is 20.5 Å². The van der Waals surface area contributed by atoms with Crippen molar-refractivity contribution in [2.45, 2.75) is 12.1 Å². The lowest BCUT2D eigenvalue weighted by molar-refractivity contribution is -0.113. The quantitative estimate of drug-likeness (QED) is 0.306. The van der Waals surface area contributed by atoms with Crippen molar-refractivity contribution in [3.8, 4) is 28.5 Å². The smallest absolute Gasteiger partial charge is 0.236 e. The molecule has 33 heavy (non-hydrogen) atoms. The molecule has 0 radical (unpaired) electrons. The third-order valence-electron chi connectivity index (χ3n) is 4.82. The van der Waals surface area contributed by atoms with E-state index in [1.807, 2.05) is 83.6 Å². The van der Waals surface area contributed by atoms with E-state index in [0.717, 1.165) is 22.5 Å². The Morgan fingerprint density at radius 1 is 1.06 bits per heavy atom. The van der Waals surface area contributed by atoms with E-state index >= 15 is 0 Å². The van der Waals surface area contributed by atoms with Crippen molar-refractivity contribution in [3.63, 3.8) is 0 Å². The molecule has 5 rings (SSSR count). The van der Waals surface area contributed by atoms with Crippen molar-refractivity contribution in [2.75, 3.05) is 11.1 Å². The lowest BCUT2D eigenvalue weighted by Gasteiger charge is -2.09. The summed E-state index contributed by atoms with van der Waals surface area (Å²) < 4.78 is 7.44. The fourth-order valence-corrected chi connectivity index (χ4v) is 4.70. The molecule has 7 nitrogen and oxygen atoms in total. The Bertz CT molecular complexity index is 1360. The summed E-state index contributed by atoms with van der Waals surface area (Å²) >= 11 is 2.71. The molecule has 3 heterocycles. The monoisotopic (exact) mass is 473 g/mol. The summed E-state index contributed by atoms with van der Waals surface area (Å²) in [5.74, 6) is 1.20. The molecule has 0 aliphatic carbocycles. The minimum Gasteiger partial charge on any atom is -0.461 e. The molecule has 0 aliphatic heterocycles. The summed E-state index contributed by atoms with van der Waals surface area (Å²) in [6.45, 7) is 2.03. The molecule has 164 valence electrons. The van der Waals surface area contributed by atoms with Gasteiger partial charge in [0, 0.05) is 16.6 Å². The van der Waals surface area contributed by atoms with Gasteiger partial charge in [0.2, 0.25) is 11.7 Å². The van der Waals surface area contributed by atoms with Gasteiger partial charge in [0.25, 0.3) is 0 Å². The van der Waals surface area contributed by atoms with Crippen LogP contribution in [0.3, 0.4) is 0 Å². The Morgan fingerprint density at radius 3 is 2.64 bits per heavy atom. The summed E-state index contributed by atoms with van der Waals surface area (Å²) in [4.78, 5) is 17.1. The number of furan rings is 1. The number of hydrogen-bond donors (Lipinski definition) is 1. The van der Waals surface area contributed by atoms with Gasteiger partial charge < -0.3 is 9.73 Å². The molecule has 0 saturated heterocycles. The number of thiazole rings is 1. The largest absolute Gasteiger partial charge is 0.461 e. The van der Waals surface area contributed by atoms with E-state index in [1.165, 1.54) is 23.1 Å². The predicted molar refractivity (Wildman–Crippen MR) is 131 cm³/mol.